The van der Waals surface area contributed by atoms with Gasteiger partial charge in [-0.25, -0.2) is 9.07 Å². The van der Waals surface area contributed by atoms with Gasteiger partial charge in [-0.15, -0.1) is 15.4 Å². The molecule has 6 nitrogen and oxygen atoms in total. The number of carbonyl (C=O) groups excluding carboxylic acids is 2. The molecule has 222 valence electrons. The molecule has 0 radical (unpaired) electrons. The van der Waals surface area contributed by atoms with Gasteiger partial charge in [0.05, 0.1) is 11.5 Å². The molecule has 0 fully saturated rings. The van der Waals surface area contributed by atoms with Crippen molar-refractivity contribution in [3.05, 3.63) is 95.9 Å². The number of hydrogen-bond donors (Lipinski definition) is 2. The number of aromatic nitrogens is 2. The summed E-state index contributed by atoms with van der Waals surface area (Å²) < 4.78 is 13.5. The van der Waals surface area contributed by atoms with Gasteiger partial charge in [-0.2, -0.15) is 5.10 Å². The third-order valence-electron chi connectivity index (χ3n) is 4.48. The van der Waals surface area contributed by atoms with E-state index >= 15 is 0 Å². The van der Waals surface area contributed by atoms with E-state index in [2.05, 4.69) is 83.3 Å². The van der Waals surface area contributed by atoms with Gasteiger partial charge in [0, 0.05) is 36.4 Å². The van der Waals surface area contributed by atoms with Crippen LogP contribution in [0.5, 0.6) is 0 Å². The van der Waals surface area contributed by atoms with Gasteiger partial charge in [0.15, 0.2) is 0 Å². The Labute approximate surface area is 248 Å². The van der Waals surface area contributed by atoms with Crippen molar-refractivity contribution in [2.45, 2.75) is 54.4 Å². The third kappa shape index (κ3) is 21.8. The predicted molar refractivity (Wildman–Crippen MR) is 179 cm³/mol. The standard InChI is InChI=1S/C16H22N3PS.C7H11NO.C5H7F.C2H6.CH2O/c1-4-14(19-12(2)8-9-18-19)10-17-11-15-6-5-7-16(21-15)13(3)20;1-3-5-6-8-7(9)4-2;1-3-4-5(2)6;2*1-2/h4,6-9,17,20H,5,10-11H2,1-3H3;3-4H,1-2,5-6H2,(H,8,9);3-4H,1H2,2H3;1-2H3;1H2/b14-4-;;5-4+;;. The second kappa shape index (κ2) is 28.9. The van der Waals surface area contributed by atoms with Crippen LogP contribution in [0, 0.1) is 6.92 Å². The van der Waals surface area contributed by atoms with E-state index in [1.807, 2.05) is 49.3 Å². The van der Waals surface area contributed by atoms with E-state index in [9.17, 15) is 9.18 Å². The fraction of sp³-hybridized carbons (Fsp3) is 0.355. The van der Waals surface area contributed by atoms with Crippen LogP contribution in [0.2, 0.25) is 0 Å². The zero-order valence-electron chi connectivity index (χ0n) is 25.1. The topological polar surface area (TPSA) is 76.0 Å². The van der Waals surface area contributed by atoms with Crippen molar-refractivity contribution in [2.24, 2.45) is 0 Å². The molecule has 0 bridgehead atoms. The summed E-state index contributed by atoms with van der Waals surface area (Å²) in [6.45, 7) is 26.0. The number of nitrogens with one attached hydrogen (secondary N) is 2. The normalized spacial score (nSPS) is 12.0. The summed E-state index contributed by atoms with van der Waals surface area (Å²) in [6, 6.07) is 2.02. The molecule has 2 N–H and O–H groups in total. The average molecular weight is 591 g/mol. The number of thioether (sulfide) groups is 1. The van der Waals surface area contributed by atoms with Crippen molar-refractivity contribution in [3.8, 4) is 0 Å². The van der Waals surface area contributed by atoms with Crippen LogP contribution in [0.15, 0.2) is 90.2 Å². The third-order valence-corrected chi connectivity index (χ3v) is 6.20. The molecular weight excluding hydrogens is 542 g/mol. The minimum Gasteiger partial charge on any atom is -0.352 e. The largest absolute Gasteiger partial charge is 0.352 e. The molecule has 0 aliphatic carbocycles. The quantitative estimate of drug-likeness (QED) is 0.0911. The lowest BCUT2D eigenvalue weighted by atomic mass is 10.3. The number of hydrogen-bond acceptors (Lipinski definition) is 5. The van der Waals surface area contributed by atoms with Crippen molar-refractivity contribution < 1.29 is 14.0 Å². The van der Waals surface area contributed by atoms with E-state index in [0.717, 1.165) is 31.6 Å². The molecule has 0 aromatic carbocycles. The molecule has 1 aromatic rings. The van der Waals surface area contributed by atoms with Gasteiger partial charge in [0.25, 0.3) is 0 Å². The van der Waals surface area contributed by atoms with Crippen molar-refractivity contribution in [1.82, 2.24) is 20.4 Å². The molecule has 1 amide bonds. The van der Waals surface area contributed by atoms with Crippen LogP contribution in [0.1, 0.15) is 53.2 Å². The van der Waals surface area contributed by atoms with Crippen LogP contribution in [-0.4, -0.2) is 47.4 Å². The van der Waals surface area contributed by atoms with Gasteiger partial charge in [-0.05, 0) is 69.0 Å². The molecule has 0 saturated heterocycles. The summed E-state index contributed by atoms with van der Waals surface area (Å²) in [5, 5.41) is 11.7. The number of amides is 1. The number of halogens is 1. The van der Waals surface area contributed by atoms with Gasteiger partial charge in [0.2, 0.25) is 5.91 Å². The maximum absolute atomic E-state index is 11.5. The first-order valence-electron chi connectivity index (χ1n) is 12.9. The number of carbonyl (C=O) groups is 2. The van der Waals surface area contributed by atoms with Crippen molar-refractivity contribution in [1.29, 1.82) is 0 Å². The summed E-state index contributed by atoms with van der Waals surface area (Å²) >= 11 is 1.83. The second-order valence-electron chi connectivity index (χ2n) is 7.53. The van der Waals surface area contributed by atoms with Gasteiger partial charge in [0.1, 0.15) is 6.79 Å². The predicted octanol–water partition coefficient (Wildman–Crippen LogP) is 7.63. The van der Waals surface area contributed by atoms with Crippen LogP contribution >= 0.6 is 20.6 Å². The lowest BCUT2D eigenvalue weighted by Gasteiger charge is -2.16. The molecule has 1 aliphatic rings. The fourth-order valence-corrected chi connectivity index (χ4v) is 3.90. The molecule has 2 heterocycles. The Morgan fingerprint density at radius 1 is 1.23 bits per heavy atom. The summed E-state index contributed by atoms with van der Waals surface area (Å²) in [5.41, 5.74) is 2.34. The lowest BCUT2D eigenvalue weighted by Crippen LogP contribution is -2.22. The van der Waals surface area contributed by atoms with E-state index in [1.54, 1.807) is 6.08 Å². The van der Waals surface area contributed by atoms with Crippen LogP contribution in [0.25, 0.3) is 5.70 Å². The summed E-state index contributed by atoms with van der Waals surface area (Å²) in [4.78, 5) is 21.1. The Hall–Kier alpha value is -3.06. The number of allylic oxidation sites excluding steroid dienone is 7. The highest BCUT2D eigenvalue weighted by Crippen LogP contribution is 2.31. The first-order chi connectivity index (χ1) is 19.2. The smallest absolute Gasteiger partial charge is 0.243 e. The molecule has 0 atom stereocenters. The molecule has 1 aromatic heterocycles. The molecule has 9 heteroatoms. The van der Waals surface area contributed by atoms with Crippen LogP contribution < -0.4 is 10.6 Å². The summed E-state index contributed by atoms with van der Waals surface area (Å²) in [5.74, 6) is -0.332. The highest BCUT2D eigenvalue weighted by Gasteiger charge is 2.09. The Kier molecular flexibility index (Phi) is 30.0. The highest BCUT2D eigenvalue weighted by atomic mass is 32.2. The Morgan fingerprint density at radius 3 is 2.30 bits per heavy atom. The number of aryl methyl sites for hydroxylation is 1. The van der Waals surface area contributed by atoms with E-state index in [1.165, 1.54) is 46.0 Å². The van der Waals surface area contributed by atoms with E-state index in [0.29, 0.717) is 6.54 Å². The monoisotopic (exact) mass is 590 g/mol. The van der Waals surface area contributed by atoms with Crippen LogP contribution in [-0.2, 0) is 9.59 Å². The number of rotatable bonds is 11. The zero-order chi connectivity index (χ0) is 31.3. The summed E-state index contributed by atoms with van der Waals surface area (Å²) in [6.07, 6.45) is 16.0. The molecule has 0 saturated carbocycles. The van der Waals surface area contributed by atoms with Gasteiger partial charge in [-0.3, -0.25) is 4.79 Å². The molecule has 2 rings (SSSR count). The van der Waals surface area contributed by atoms with Crippen molar-refractivity contribution in [2.75, 3.05) is 19.6 Å². The Morgan fingerprint density at radius 2 is 1.88 bits per heavy atom. The average Bonchev–Trinajstić information content (AvgIpc) is 3.39. The van der Waals surface area contributed by atoms with Crippen molar-refractivity contribution >= 4 is 44.3 Å². The first kappa shape index (κ1) is 41.4. The Bertz CT molecular complexity index is 1020. The Balaban J connectivity index is -0.000000598. The second-order valence-corrected chi connectivity index (χ2v) is 9.45. The zero-order valence-corrected chi connectivity index (χ0v) is 26.9. The van der Waals surface area contributed by atoms with E-state index < -0.39 is 0 Å². The van der Waals surface area contributed by atoms with Gasteiger partial charge >= 0.3 is 0 Å². The van der Waals surface area contributed by atoms with E-state index in [4.69, 9.17) is 4.79 Å². The maximum Gasteiger partial charge on any atom is 0.243 e. The summed E-state index contributed by atoms with van der Waals surface area (Å²) in [7, 11) is 3.61. The molecule has 40 heavy (non-hydrogen) atoms. The molecular formula is C31H48FN4O2PS. The van der Waals surface area contributed by atoms with Crippen molar-refractivity contribution in [3.63, 3.8) is 0 Å². The van der Waals surface area contributed by atoms with E-state index in [-0.39, 0.29) is 11.7 Å². The lowest BCUT2D eigenvalue weighted by molar-refractivity contribution is -0.116. The first-order valence-corrected chi connectivity index (χ1v) is 14.3. The van der Waals surface area contributed by atoms with Crippen LogP contribution in [0.3, 0.4) is 0 Å². The molecule has 0 spiro atoms. The molecule has 0 unspecified atom stereocenters. The highest BCUT2D eigenvalue weighted by molar-refractivity contribution is 8.08. The fourth-order valence-electron chi connectivity index (χ4n) is 2.68. The minimum absolute atomic E-state index is 0.128. The minimum atomic E-state index is -0.204. The van der Waals surface area contributed by atoms with Gasteiger partial charge < -0.3 is 15.4 Å². The van der Waals surface area contributed by atoms with Crippen LogP contribution in [0.4, 0.5) is 4.39 Å². The number of nitrogens with zero attached hydrogens (tertiary/aromatic N) is 2. The maximum atomic E-state index is 11.5. The molecule has 1 aliphatic heterocycles. The SMILES string of the molecule is C/C=C(/CNCC1=CCC=C(C(C)=P)S1)n1nccc1C.C=C/C=C(\C)F.C=CCCNC(=O)C=C.C=O.CC. The van der Waals surface area contributed by atoms with Gasteiger partial charge in [-0.1, -0.05) is 69.1 Å².